The molecular formula is C18H24F2N4O3. The molecule has 3 heterocycles. The van der Waals surface area contributed by atoms with Crippen LogP contribution in [0, 0.1) is 11.3 Å². The number of hydrogen-bond donors (Lipinski definition) is 1. The average Bonchev–Trinajstić information content (AvgIpc) is 2.84. The van der Waals surface area contributed by atoms with Gasteiger partial charge >= 0.3 is 6.09 Å². The van der Waals surface area contributed by atoms with E-state index in [1.807, 2.05) is 6.07 Å². The van der Waals surface area contributed by atoms with Gasteiger partial charge in [0.15, 0.2) is 0 Å². The molecule has 1 aromatic heterocycles. The fourth-order valence-corrected chi connectivity index (χ4v) is 3.59. The number of hydrogen-bond acceptors (Lipinski definition) is 5. The first kappa shape index (κ1) is 19.5. The monoisotopic (exact) mass is 382 g/mol. The van der Waals surface area contributed by atoms with Gasteiger partial charge in [-0.3, -0.25) is 4.68 Å². The number of carbonyl (C=O) groups excluding carboxylic acids is 1. The number of alkyl halides is 2. The highest BCUT2D eigenvalue weighted by Crippen LogP contribution is 2.43. The summed E-state index contributed by atoms with van der Waals surface area (Å²) in [7, 11) is 0. The number of nitrogens with zero attached hydrogens (tertiary/aromatic N) is 4. The molecule has 0 bridgehead atoms. The van der Waals surface area contributed by atoms with Crippen molar-refractivity contribution in [3.63, 3.8) is 0 Å². The van der Waals surface area contributed by atoms with Gasteiger partial charge in [-0.2, -0.15) is 19.1 Å². The van der Waals surface area contributed by atoms with E-state index in [2.05, 4.69) is 5.10 Å². The second-order valence-corrected chi connectivity index (χ2v) is 8.35. The van der Waals surface area contributed by atoms with Crippen molar-refractivity contribution in [2.45, 2.75) is 76.7 Å². The normalized spacial score (nSPS) is 24.4. The highest BCUT2D eigenvalue weighted by atomic mass is 19.3. The van der Waals surface area contributed by atoms with Gasteiger partial charge in [0.2, 0.25) is 0 Å². The Bertz CT molecular complexity index is 794. The third-order valence-corrected chi connectivity index (χ3v) is 4.86. The molecule has 0 radical (unpaired) electrons. The molecule has 2 aliphatic rings. The minimum Gasteiger partial charge on any atom is -0.444 e. The number of fused-ring (bicyclic) bond motifs is 3. The predicted octanol–water partition coefficient (Wildman–Crippen LogP) is 2.71. The van der Waals surface area contributed by atoms with Crippen molar-refractivity contribution in [1.82, 2.24) is 14.7 Å². The molecule has 0 fully saturated rings. The zero-order valence-corrected chi connectivity index (χ0v) is 15.8. The zero-order chi connectivity index (χ0) is 20.0. The van der Waals surface area contributed by atoms with Crippen LogP contribution in [0.5, 0.6) is 0 Å². The SMILES string of the molecule is CC(C)(C)OC(=O)N1CCc2nn3c(c2C1)C(F)(F)CC[C@@](O)(CC#N)C3. The van der Waals surface area contributed by atoms with Crippen LogP contribution in [0.3, 0.4) is 0 Å². The maximum absolute atomic E-state index is 14.9. The number of carbonyl (C=O) groups is 1. The lowest BCUT2D eigenvalue weighted by atomic mass is 9.93. The number of ether oxygens (including phenoxy) is 1. The van der Waals surface area contributed by atoms with Crippen molar-refractivity contribution >= 4 is 6.09 Å². The molecule has 0 spiro atoms. The lowest BCUT2D eigenvalue weighted by Gasteiger charge is -2.30. The van der Waals surface area contributed by atoms with E-state index in [4.69, 9.17) is 10.00 Å². The maximum atomic E-state index is 14.9. The van der Waals surface area contributed by atoms with Crippen LogP contribution in [0.1, 0.15) is 57.0 Å². The summed E-state index contributed by atoms with van der Waals surface area (Å²) in [6.07, 6.45) is -1.22. The molecule has 27 heavy (non-hydrogen) atoms. The highest BCUT2D eigenvalue weighted by molar-refractivity contribution is 5.68. The third-order valence-electron chi connectivity index (χ3n) is 4.86. The van der Waals surface area contributed by atoms with Crippen molar-refractivity contribution in [1.29, 1.82) is 5.26 Å². The molecule has 9 heteroatoms. The van der Waals surface area contributed by atoms with Crippen molar-refractivity contribution < 1.29 is 23.4 Å². The zero-order valence-electron chi connectivity index (χ0n) is 15.8. The van der Waals surface area contributed by atoms with E-state index in [0.717, 1.165) is 4.68 Å². The number of amides is 1. The molecule has 0 unspecified atom stereocenters. The minimum absolute atomic E-state index is 0.00809. The largest absolute Gasteiger partial charge is 0.444 e. The van der Waals surface area contributed by atoms with Crippen LogP contribution in [0.4, 0.5) is 13.6 Å². The second kappa shape index (κ2) is 6.44. The van der Waals surface area contributed by atoms with Gasteiger partial charge in [0, 0.05) is 24.9 Å². The van der Waals surface area contributed by atoms with E-state index >= 15 is 0 Å². The van der Waals surface area contributed by atoms with Crippen LogP contribution in [0.15, 0.2) is 0 Å². The van der Waals surface area contributed by atoms with Crippen LogP contribution < -0.4 is 0 Å². The first-order chi connectivity index (χ1) is 12.4. The molecule has 7 nitrogen and oxygen atoms in total. The van der Waals surface area contributed by atoms with E-state index in [1.54, 1.807) is 20.8 Å². The second-order valence-electron chi connectivity index (χ2n) is 8.35. The van der Waals surface area contributed by atoms with Gasteiger partial charge in [0.05, 0.1) is 36.9 Å². The maximum Gasteiger partial charge on any atom is 0.410 e. The molecule has 1 amide bonds. The fraction of sp³-hybridized carbons (Fsp3) is 0.722. The predicted molar refractivity (Wildman–Crippen MR) is 90.9 cm³/mol. The van der Waals surface area contributed by atoms with E-state index in [0.29, 0.717) is 24.2 Å². The van der Waals surface area contributed by atoms with Gasteiger partial charge in [-0.05, 0) is 27.2 Å². The van der Waals surface area contributed by atoms with Crippen molar-refractivity contribution in [3.05, 3.63) is 17.0 Å². The van der Waals surface area contributed by atoms with Gasteiger partial charge in [-0.25, -0.2) is 4.79 Å². The summed E-state index contributed by atoms with van der Waals surface area (Å²) < 4.78 is 36.2. The Morgan fingerprint density at radius 3 is 2.74 bits per heavy atom. The molecule has 3 rings (SSSR count). The minimum atomic E-state index is -3.20. The molecule has 0 aromatic carbocycles. The van der Waals surface area contributed by atoms with Gasteiger partial charge < -0.3 is 14.7 Å². The summed E-state index contributed by atoms with van der Waals surface area (Å²) >= 11 is 0. The van der Waals surface area contributed by atoms with Gasteiger partial charge in [0.1, 0.15) is 11.3 Å². The summed E-state index contributed by atoms with van der Waals surface area (Å²) in [5, 5.41) is 23.8. The van der Waals surface area contributed by atoms with Gasteiger partial charge in [-0.1, -0.05) is 0 Å². The van der Waals surface area contributed by atoms with Crippen LogP contribution in [-0.2, 0) is 30.2 Å². The Labute approximate surface area is 156 Å². The lowest BCUT2D eigenvalue weighted by Crippen LogP contribution is -2.40. The van der Waals surface area contributed by atoms with E-state index in [9.17, 15) is 18.7 Å². The number of nitriles is 1. The Morgan fingerprint density at radius 1 is 1.41 bits per heavy atom. The van der Waals surface area contributed by atoms with Crippen molar-refractivity contribution in [2.75, 3.05) is 6.54 Å². The molecule has 148 valence electrons. The number of aliphatic hydroxyl groups is 1. The Hall–Kier alpha value is -2.21. The third kappa shape index (κ3) is 3.90. The Morgan fingerprint density at radius 2 is 2.11 bits per heavy atom. The first-order valence-corrected chi connectivity index (χ1v) is 8.98. The number of halogens is 2. The van der Waals surface area contributed by atoms with Crippen molar-refractivity contribution in [3.8, 4) is 6.07 Å². The molecule has 1 N–H and O–H groups in total. The number of aromatic nitrogens is 2. The standard InChI is InChI=1S/C18H24F2N4O3/c1-16(2,3)27-15(25)23-9-4-13-12(10-23)14-18(19,20)6-5-17(26,7-8-21)11-24(14)22-13/h26H,4-7,9-11H2,1-3H3/t17-/m1/s1. The molecule has 2 aliphatic heterocycles. The van der Waals surface area contributed by atoms with Crippen LogP contribution in [-0.4, -0.2) is 43.6 Å². The molecule has 1 aromatic rings. The van der Waals surface area contributed by atoms with E-state index in [1.165, 1.54) is 4.90 Å². The summed E-state index contributed by atoms with van der Waals surface area (Å²) in [6.45, 7) is 5.40. The highest BCUT2D eigenvalue weighted by Gasteiger charge is 2.47. The summed E-state index contributed by atoms with van der Waals surface area (Å²) in [6, 6.07) is 1.86. The summed E-state index contributed by atoms with van der Waals surface area (Å²) in [5.74, 6) is -3.20. The fourth-order valence-electron chi connectivity index (χ4n) is 3.59. The molecule has 0 saturated heterocycles. The summed E-state index contributed by atoms with van der Waals surface area (Å²) in [4.78, 5) is 13.7. The topological polar surface area (TPSA) is 91.4 Å². The van der Waals surface area contributed by atoms with E-state index < -0.39 is 29.6 Å². The molecule has 0 aliphatic carbocycles. The van der Waals surface area contributed by atoms with Crippen LogP contribution in [0.2, 0.25) is 0 Å². The van der Waals surface area contributed by atoms with Crippen LogP contribution >= 0.6 is 0 Å². The summed E-state index contributed by atoms with van der Waals surface area (Å²) in [5.41, 5.74) is -1.66. The average molecular weight is 382 g/mol. The quantitative estimate of drug-likeness (QED) is 0.806. The molecule has 1 atom stereocenters. The Kier molecular flexibility index (Phi) is 4.67. The first-order valence-electron chi connectivity index (χ1n) is 8.98. The van der Waals surface area contributed by atoms with Gasteiger partial charge in [-0.15, -0.1) is 0 Å². The van der Waals surface area contributed by atoms with Gasteiger partial charge in [0.25, 0.3) is 5.92 Å². The van der Waals surface area contributed by atoms with E-state index in [-0.39, 0.29) is 31.6 Å². The lowest BCUT2D eigenvalue weighted by molar-refractivity contribution is -0.0397. The van der Waals surface area contributed by atoms with Crippen molar-refractivity contribution in [2.24, 2.45) is 0 Å². The molecule has 0 saturated carbocycles. The van der Waals surface area contributed by atoms with Crippen LogP contribution in [0.25, 0.3) is 0 Å². The Balaban J connectivity index is 1.94. The number of rotatable bonds is 1. The smallest absolute Gasteiger partial charge is 0.410 e. The molecular weight excluding hydrogens is 358 g/mol.